The van der Waals surface area contributed by atoms with Crippen LogP contribution in [0.4, 0.5) is 0 Å². The number of phenolic OH excluding ortho intramolecular Hbond substituents is 1. The molecule has 0 unspecified atom stereocenters. The Morgan fingerprint density at radius 1 is 1.08 bits per heavy atom. The van der Waals surface area contributed by atoms with Crippen LogP contribution in [0.3, 0.4) is 0 Å². The molecular formula is C41H62N4O6S2. The van der Waals surface area contributed by atoms with Gasteiger partial charge in [-0.1, -0.05) is 66.7 Å². The van der Waals surface area contributed by atoms with E-state index in [1.165, 1.54) is 6.92 Å². The molecule has 12 heteroatoms. The number of aliphatic hydroxyl groups is 1. The number of phenols is 1. The number of esters is 1. The van der Waals surface area contributed by atoms with Crippen molar-refractivity contribution in [2.75, 3.05) is 18.2 Å². The maximum absolute atomic E-state index is 14.0. The predicted molar refractivity (Wildman–Crippen MR) is 214 cm³/mol. The van der Waals surface area contributed by atoms with Crippen LogP contribution in [0.1, 0.15) is 122 Å². The summed E-state index contributed by atoms with van der Waals surface area (Å²) in [5.74, 6) is 9.47. The Morgan fingerprint density at radius 3 is 2.62 bits per heavy atom. The lowest BCUT2D eigenvalue weighted by Gasteiger charge is -2.34. The minimum Gasteiger partial charge on any atom is -0.504 e. The smallest absolute Gasteiger partial charge is 0.302 e. The summed E-state index contributed by atoms with van der Waals surface area (Å²) in [6.45, 7) is 6.64. The number of nitrogens with two attached hydrogens (primary N) is 1. The molecule has 1 aromatic rings. The number of benzene rings is 1. The van der Waals surface area contributed by atoms with Crippen molar-refractivity contribution in [1.29, 1.82) is 0 Å². The Morgan fingerprint density at radius 2 is 1.85 bits per heavy atom. The van der Waals surface area contributed by atoms with Crippen molar-refractivity contribution in [2.45, 2.75) is 148 Å². The van der Waals surface area contributed by atoms with E-state index in [4.69, 9.17) is 15.2 Å². The fourth-order valence-electron chi connectivity index (χ4n) is 8.54. The lowest BCUT2D eigenvalue weighted by molar-refractivity contribution is -0.150. The van der Waals surface area contributed by atoms with Gasteiger partial charge in [-0.15, -0.1) is 5.92 Å². The molecular weight excluding hydrogens is 709 g/mol. The average molecular weight is 771 g/mol. The van der Waals surface area contributed by atoms with Crippen LogP contribution in [-0.4, -0.2) is 75.5 Å². The number of fused-ring (bicyclic) bond motifs is 5. The van der Waals surface area contributed by atoms with E-state index in [9.17, 15) is 19.8 Å². The number of ether oxygens (including phenoxy) is 2. The Balaban J connectivity index is 1.56. The van der Waals surface area contributed by atoms with Crippen LogP contribution in [0.5, 0.6) is 11.5 Å². The second-order valence-corrected chi connectivity index (χ2v) is 18.4. The van der Waals surface area contributed by atoms with Gasteiger partial charge in [-0.3, -0.25) is 9.59 Å². The van der Waals surface area contributed by atoms with Crippen molar-refractivity contribution in [3.8, 4) is 23.3 Å². The van der Waals surface area contributed by atoms with Crippen molar-refractivity contribution in [2.24, 2.45) is 34.4 Å². The maximum atomic E-state index is 14.0. The summed E-state index contributed by atoms with van der Waals surface area (Å²) in [5.41, 5.74) is 7.84. The van der Waals surface area contributed by atoms with E-state index < -0.39 is 12.2 Å². The van der Waals surface area contributed by atoms with E-state index in [1.807, 2.05) is 17.0 Å². The second kappa shape index (κ2) is 20.8. The van der Waals surface area contributed by atoms with Crippen LogP contribution < -0.4 is 15.8 Å². The zero-order valence-electron chi connectivity index (χ0n) is 32.0. The molecule has 0 aromatic heterocycles. The van der Waals surface area contributed by atoms with E-state index in [1.54, 1.807) is 21.6 Å². The van der Waals surface area contributed by atoms with Gasteiger partial charge >= 0.3 is 5.97 Å². The van der Waals surface area contributed by atoms with Gasteiger partial charge in [0.05, 0.1) is 18.1 Å². The summed E-state index contributed by atoms with van der Waals surface area (Å²) in [5, 5.41) is 26.3. The van der Waals surface area contributed by atoms with Gasteiger partial charge in [0.2, 0.25) is 5.91 Å². The molecule has 53 heavy (non-hydrogen) atoms. The molecule has 10 nitrogen and oxygen atoms in total. The normalized spacial score (nSPS) is 28.7. The number of hydrogen-bond acceptors (Lipinski definition) is 11. The zero-order valence-corrected chi connectivity index (χ0v) is 33.7. The summed E-state index contributed by atoms with van der Waals surface area (Å²) in [7, 11) is 3.49. The minimum absolute atomic E-state index is 0.0264. The molecule has 5 rings (SSSR count). The summed E-state index contributed by atoms with van der Waals surface area (Å²) < 4.78 is 12.5. The predicted octanol–water partition coefficient (Wildman–Crippen LogP) is 6.94. The van der Waals surface area contributed by atoms with Gasteiger partial charge in [0, 0.05) is 68.5 Å². The Hall–Kier alpha value is -2.75. The van der Waals surface area contributed by atoms with Gasteiger partial charge in [0.25, 0.3) is 0 Å². The third-order valence-corrected chi connectivity index (χ3v) is 13.3. The van der Waals surface area contributed by atoms with Crippen LogP contribution in [0, 0.1) is 35.5 Å². The van der Waals surface area contributed by atoms with E-state index in [2.05, 4.69) is 36.0 Å². The molecule has 4 bridgehead atoms. The highest BCUT2D eigenvalue weighted by molar-refractivity contribution is 8.76. The number of guanidine groups is 1. The third kappa shape index (κ3) is 12.6. The summed E-state index contributed by atoms with van der Waals surface area (Å²) in [4.78, 5) is 33.0. The number of hydrogen-bond donors (Lipinski definition) is 4. The number of rotatable bonds is 5. The van der Waals surface area contributed by atoms with Crippen molar-refractivity contribution < 1.29 is 29.3 Å². The first-order chi connectivity index (χ1) is 25.6. The molecule has 1 saturated carbocycles. The van der Waals surface area contributed by atoms with Gasteiger partial charge in [-0.05, 0) is 81.3 Å². The molecule has 1 aliphatic carbocycles. The molecule has 6 atom stereocenters. The monoisotopic (exact) mass is 770 g/mol. The van der Waals surface area contributed by atoms with E-state index in [-0.39, 0.29) is 54.1 Å². The largest absolute Gasteiger partial charge is 0.504 e. The Kier molecular flexibility index (Phi) is 16.3. The number of carbonyl (C=O) groups excluding carboxylic acids is 2. The molecule has 0 radical (unpaired) electrons. The first-order valence-corrected chi connectivity index (χ1v) is 22.5. The van der Waals surface area contributed by atoms with E-state index in [0.717, 1.165) is 75.5 Å². The molecule has 294 valence electrons. The number of nitrogens with one attached hydrogen (secondary N) is 1. The SMILES string of the molecule is CC(=O)O[C@H]1C[C@@H](O)CCCCCCSSCN=C(N)NCC[C@H]2CC(=O)N3Cc4cc(cc(OC5CCCC5)c4O)C[C@H]1CC#C[C@H](CC(C)C)[C@@H]23. The topological polar surface area (TPSA) is 147 Å². The number of aliphatic hydroxyl groups excluding tert-OH is 1. The van der Waals surface area contributed by atoms with Gasteiger partial charge in [0.15, 0.2) is 17.5 Å². The number of nitrogens with zero attached hydrogens (tertiary/aromatic N) is 2. The first kappa shape index (κ1) is 41.4. The molecule has 5 N–H and O–H groups in total. The molecule has 0 spiro atoms. The van der Waals surface area contributed by atoms with Crippen LogP contribution in [-0.2, 0) is 27.3 Å². The van der Waals surface area contributed by atoms with Crippen LogP contribution >= 0.6 is 21.6 Å². The first-order valence-electron chi connectivity index (χ1n) is 20.0. The van der Waals surface area contributed by atoms with Crippen molar-refractivity contribution >= 4 is 39.4 Å². The highest BCUT2D eigenvalue weighted by Gasteiger charge is 2.44. The van der Waals surface area contributed by atoms with Crippen LogP contribution in [0.25, 0.3) is 0 Å². The summed E-state index contributed by atoms with van der Waals surface area (Å²) in [6.07, 6.45) is 11.0. The summed E-state index contributed by atoms with van der Waals surface area (Å²) in [6, 6.07) is 3.75. The fraction of sp³-hybridized carbons (Fsp3) is 0.732. The number of carbonyl (C=O) groups is 2. The Bertz CT molecular complexity index is 1460. The van der Waals surface area contributed by atoms with E-state index >= 15 is 0 Å². The van der Waals surface area contributed by atoms with Crippen molar-refractivity contribution in [3.05, 3.63) is 23.3 Å². The van der Waals surface area contributed by atoms with E-state index in [0.29, 0.717) is 67.7 Å². The zero-order chi connectivity index (χ0) is 37.7. The quantitative estimate of drug-likeness (QED) is 0.141. The molecule has 3 heterocycles. The van der Waals surface area contributed by atoms with Crippen LogP contribution in [0.2, 0.25) is 0 Å². The van der Waals surface area contributed by atoms with Gasteiger partial charge < -0.3 is 35.6 Å². The second-order valence-electron chi connectivity index (χ2n) is 15.9. The fourth-order valence-corrected chi connectivity index (χ4v) is 10.3. The lowest BCUT2D eigenvalue weighted by Crippen LogP contribution is -2.42. The highest BCUT2D eigenvalue weighted by atomic mass is 33.1. The average Bonchev–Trinajstić information content (AvgIpc) is 3.72. The maximum Gasteiger partial charge on any atom is 0.302 e. The third-order valence-electron chi connectivity index (χ3n) is 11.1. The standard InChI is InChI=1S/C41H62N4O6S2/c1-27(2)19-31-12-10-11-30-20-29-21-33(40(49)37(22-29)51-35-14-7-8-15-35)25-45-38(48)23-32(39(31)45)16-17-43-41(42)44-26-53-52-18-9-5-4-6-13-34(47)24-36(30)50-28(3)46/h21-22,27,30-32,34-36,39,47,49H,4-9,11,13-20,23-26H2,1-3H3,(H3,42,43,44)/t30-,31-,32+,34+,36+,39+/m1/s1. The lowest BCUT2D eigenvalue weighted by atomic mass is 9.81. The Labute approximate surface area is 325 Å². The molecule has 3 aliphatic heterocycles. The molecule has 1 amide bonds. The van der Waals surface area contributed by atoms with Crippen molar-refractivity contribution in [3.63, 3.8) is 0 Å². The molecule has 2 fully saturated rings. The highest BCUT2D eigenvalue weighted by Crippen LogP contribution is 2.41. The minimum atomic E-state index is -0.606. The number of amides is 1. The summed E-state index contributed by atoms with van der Waals surface area (Å²) >= 11 is 0. The van der Waals surface area contributed by atoms with Crippen molar-refractivity contribution in [1.82, 2.24) is 10.2 Å². The molecule has 1 aromatic carbocycles. The van der Waals surface area contributed by atoms with Gasteiger partial charge in [-0.25, -0.2) is 4.99 Å². The van der Waals surface area contributed by atoms with Crippen LogP contribution in [0.15, 0.2) is 17.1 Å². The number of aliphatic imine (C=N–C) groups is 1. The molecule has 1 saturated heterocycles. The van der Waals surface area contributed by atoms with Gasteiger partial charge in [0.1, 0.15) is 6.10 Å². The molecule has 4 aliphatic rings. The van der Waals surface area contributed by atoms with Gasteiger partial charge in [-0.2, -0.15) is 0 Å². The number of aromatic hydroxyl groups is 1.